The van der Waals surface area contributed by atoms with Crippen molar-refractivity contribution in [1.82, 2.24) is 5.43 Å². The van der Waals surface area contributed by atoms with E-state index in [1.807, 2.05) is 51.1 Å². The van der Waals surface area contributed by atoms with E-state index in [9.17, 15) is 4.79 Å². The first kappa shape index (κ1) is 19.2. The van der Waals surface area contributed by atoms with Gasteiger partial charge in [-0.3, -0.25) is 4.79 Å². The van der Waals surface area contributed by atoms with Crippen molar-refractivity contribution in [2.75, 3.05) is 13.7 Å². The number of carbonyl (C=O) groups excluding carboxylic acids is 1. The molecule has 0 aliphatic heterocycles. The van der Waals surface area contributed by atoms with E-state index in [1.54, 1.807) is 13.3 Å². The molecular weight excluding hydrogens is 431 g/mol. The number of methoxy groups -OCH3 is 1. The van der Waals surface area contributed by atoms with Crippen LogP contribution >= 0.6 is 22.6 Å². The smallest absolute Gasteiger partial charge is 0.277 e. The fraction of sp³-hybridized carbons (Fsp3) is 0.263. The molecule has 25 heavy (non-hydrogen) atoms. The van der Waals surface area contributed by atoms with Gasteiger partial charge in [-0.1, -0.05) is 12.1 Å². The van der Waals surface area contributed by atoms with Crippen molar-refractivity contribution in [1.29, 1.82) is 0 Å². The first-order chi connectivity index (χ1) is 11.9. The van der Waals surface area contributed by atoms with Gasteiger partial charge in [0.05, 0.1) is 16.9 Å². The van der Waals surface area contributed by atoms with Gasteiger partial charge in [0.1, 0.15) is 11.5 Å². The van der Waals surface area contributed by atoms with Gasteiger partial charge >= 0.3 is 0 Å². The number of halogens is 1. The molecule has 0 spiro atoms. The normalized spacial score (nSPS) is 10.8. The quantitative estimate of drug-likeness (QED) is 0.413. The Morgan fingerprint density at radius 1 is 1.20 bits per heavy atom. The summed E-state index contributed by atoms with van der Waals surface area (Å²) < 4.78 is 11.8. The van der Waals surface area contributed by atoms with E-state index in [-0.39, 0.29) is 12.5 Å². The van der Waals surface area contributed by atoms with Gasteiger partial charge in [0, 0.05) is 0 Å². The lowest BCUT2D eigenvalue weighted by atomic mass is 10.1. The van der Waals surface area contributed by atoms with Crippen molar-refractivity contribution in [3.63, 3.8) is 0 Å². The number of carbonyl (C=O) groups is 1. The topological polar surface area (TPSA) is 59.9 Å². The second-order valence-corrected chi connectivity index (χ2v) is 6.79. The van der Waals surface area contributed by atoms with Gasteiger partial charge in [0.2, 0.25) is 0 Å². The average Bonchev–Trinajstić information content (AvgIpc) is 2.58. The van der Waals surface area contributed by atoms with Crippen LogP contribution in [0, 0.1) is 24.3 Å². The molecule has 0 aliphatic rings. The lowest BCUT2D eigenvalue weighted by Crippen LogP contribution is -2.25. The molecule has 0 radical (unpaired) electrons. The van der Waals surface area contributed by atoms with Crippen LogP contribution in [0.3, 0.4) is 0 Å². The number of hydrogen-bond acceptors (Lipinski definition) is 4. The maximum Gasteiger partial charge on any atom is 0.277 e. The van der Waals surface area contributed by atoms with Gasteiger partial charge in [-0.15, -0.1) is 0 Å². The predicted molar refractivity (Wildman–Crippen MR) is 108 cm³/mol. The van der Waals surface area contributed by atoms with E-state index in [4.69, 9.17) is 9.47 Å². The number of hydrogen-bond donors (Lipinski definition) is 1. The largest absolute Gasteiger partial charge is 0.496 e. The number of nitrogens with one attached hydrogen (secondary N) is 1. The molecule has 0 aliphatic carbocycles. The van der Waals surface area contributed by atoms with Crippen molar-refractivity contribution < 1.29 is 14.3 Å². The third-order valence-electron chi connectivity index (χ3n) is 3.80. The molecule has 0 unspecified atom stereocenters. The van der Waals surface area contributed by atoms with E-state index in [0.717, 1.165) is 37.3 Å². The molecule has 0 heterocycles. The van der Waals surface area contributed by atoms with Crippen LogP contribution in [0.2, 0.25) is 0 Å². The predicted octanol–water partition coefficient (Wildman–Crippen LogP) is 3.75. The SMILES string of the molecule is COc1ccc(/C=N\NC(=O)COc2c(C)ccc(C)c2C)cc1I. The van der Waals surface area contributed by atoms with E-state index < -0.39 is 0 Å². The summed E-state index contributed by atoms with van der Waals surface area (Å²) in [6.07, 6.45) is 1.59. The summed E-state index contributed by atoms with van der Waals surface area (Å²) in [6, 6.07) is 9.67. The third kappa shape index (κ3) is 5.19. The molecule has 1 amide bonds. The summed E-state index contributed by atoms with van der Waals surface area (Å²) in [5.41, 5.74) is 6.53. The molecule has 0 saturated carbocycles. The summed E-state index contributed by atoms with van der Waals surface area (Å²) in [7, 11) is 1.63. The monoisotopic (exact) mass is 452 g/mol. The first-order valence-corrected chi connectivity index (χ1v) is 8.85. The molecule has 2 aromatic carbocycles. The standard InChI is InChI=1S/C19H21IN2O3/c1-12-5-6-13(2)19(14(12)3)25-11-18(23)22-21-10-15-7-8-17(24-4)16(20)9-15/h5-10H,11H2,1-4H3,(H,22,23)/b21-10-. The molecule has 2 aromatic rings. The van der Waals surface area contributed by atoms with Gasteiger partial charge in [-0.05, 0) is 83.8 Å². The van der Waals surface area contributed by atoms with Gasteiger partial charge in [-0.25, -0.2) is 5.43 Å². The minimum Gasteiger partial charge on any atom is -0.496 e. The number of benzene rings is 2. The van der Waals surface area contributed by atoms with Gasteiger partial charge in [0.15, 0.2) is 6.61 Å². The second-order valence-electron chi connectivity index (χ2n) is 5.63. The maximum absolute atomic E-state index is 11.9. The Hall–Kier alpha value is -2.09. The van der Waals surface area contributed by atoms with Crippen LogP contribution in [-0.2, 0) is 4.79 Å². The highest BCUT2D eigenvalue weighted by molar-refractivity contribution is 14.1. The van der Waals surface area contributed by atoms with Crippen LogP contribution in [0.25, 0.3) is 0 Å². The van der Waals surface area contributed by atoms with E-state index in [1.165, 1.54) is 0 Å². The highest BCUT2D eigenvalue weighted by atomic mass is 127. The number of nitrogens with zero attached hydrogens (tertiary/aromatic N) is 1. The highest BCUT2D eigenvalue weighted by Crippen LogP contribution is 2.25. The lowest BCUT2D eigenvalue weighted by molar-refractivity contribution is -0.123. The van der Waals surface area contributed by atoms with Crippen LogP contribution < -0.4 is 14.9 Å². The summed E-state index contributed by atoms with van der Waals surface area (Å²) in [6.45, 7) is 5.88. The van der Waals surface area contributed by atoms with E-state index in [2.05, 4.69) is 33.1 Å². The minimum atomic E-state index is -0.306. The summed E-state index contributed by atoms with van der Waals surface area (Å²) >= 11 is 2.19. The average molecular weight is 452 g/mol. The van der Waals surface area contributed by atoms with Crippen molar-refractivity contribution in [3.05, 3.63) is 56.2 Å². The molecule has 6 heteroatoms. The van der Waals surface area contributed by atoms with Gasteiger partial charge < -0.3 is 9.47 Å². The van der Waals surface area contributed by atoms with Crippen molar-refractivity contribution in [2.45, 2.75) is 20.8 Å². The highest BCUT2D eigenvalue weighted by Gasteiger charge is 2.08. The molecule has 0 saturated heterocycles. The molecule has 132 valence electrons. The fourth-order valence-corrected chi connectivity index (χ4v) is 3.02. The summed E-state index contributed by atoms with van der Waals surface area (Å²) in [5.74, 6) is 1.25. The molecule has 1 N–H and O–H groups in total. The maximum atomic E-state index is 11.9. The molecule has 0 fully saturated rings. The Kier molecular flexibility index (Phi) is 6.81. The van der Waals surface area contributed by atoms with Crippen molar-refractivity contribution in [3.8, 4) is 11.5 Å². The molecule has 5 nitrogen and oxygen atoms in total. The lowest BCUT2D eigenvalue weighted by Gasteiger charge is -2.13. The van der Waals surface area contributed by atoms with Crippen LogP contribution in [0.5, 0.6) is 11.5 Å². The Labute approximate surface area is 161 Å². The van der Waals surface area contributed by atoms with Crippen LogP contribution in [0.4, 0.5) is 0 Å². The molecular formula is C19H21IN2O3. The van der Waals surface area contributed by atoms with Crippen LogP contribution in [-0.4, -0.2) is 25.8 Å². The third-order valence-corrected chi connectivity index (χ3v) is 4.64. The van der Waals surface area contributed by atoms with Crippen LogP contribution in [0.1, 0.15) is 22.3 Å². The first-order valence-electron chi connectivity index (χ1n) is 7.77. The van der Waals surface area contributed by atoms with Gasteiger partial charge in [0.25, 0.3) is 5.91 Å². The Morgan fingerprint density at radius 3 is 2.60 bits per heavy atom. The Bertz CT molecular complexity index is 803. The van der Waals surface area contributed by atoms with Gasteiger partial charge in [-0.2, -0.15) is 5.10 Å². The van der Waals surface area contributed by atoms with Crippen molar-refractivity contribution >= 4 is 34.7 Å². The zero-order valence-corrected chi connectivity index (χ0v) is 16.9. The van der Waals surface area contributed by atoms with Crippen LogP contribution in [0.15, 0.2) is 35.4 Å². The fourth-order valence-electron chi connectivity index (χ4n) is 2.26. The number of aryl methyl sites for hydroxylation is 2. The minimum absolute atomic E-state index is 0.0807. The zero-order valence-electron chi connectivity index (χ0n) is 14.7. The summed E-state index contributed by atoms with van der Waals surface area (Å²) in [5, 5.41) is 3.96. The Balaban J connectivity index is 1.91. The molecule has 2 rings (SSSR count). The zero-order chi connectivity index (χ0) is 18.4. The second kappa shape index (κ2) is 8.84. The number of amides is 1. The van der Waals surface area contributed by atoms with E-state index in [0.29, 0.717) is 0 Å². The Morgan fingerprint density at radius 2 is 1.92 bits per heavy atom. The number of rotatable bonds is 6. The van der Waals surface area contributed by atoms with Crippen molar-refractivity contribution in [2.24, 2.45) is 5.10 Å². The summed E-state index contributed by atoms with van der Waals surface area (Å²) in [4.78, 5) is 11.9. The number of hydrazone groups is 1. The molecule has 0 bridgehead atoms. The molecule has 0 atom stereocenters. The molecule has 0 aromatic heterocycles. The number of ether oxygens (including phenoxy) is 2. The van der Waals surface area contributed by atoms with E-state index >= 15 is 0 Å².